The summed E-state index contributed by atoms with van der Waals surface area (Å²) in [7, 11) is 3.39. The lowest BCUT2D eigenvalue weighted by Crippen LogP contribution is -2.27. The number of aromatic nitrogens is 1. The van der Waals surface area contributed by atoms with E-state index in [9.17, 15) is 0 Å². The number of fused-ring (bicyclic) bond motifs is 2. The van der Waals surface area contributed by atoms with Crippen molar-refractivity contribution in [1.29, 1.82) is 0 Å². The lowest BCUT2D eigenvalue weighted by Gasteiger charge is -2.19. The molecule has 1 aliphatic heterocycles. The summed E-state index contributed by atoms with van der Waals surface area (Å²) < 4.78 is 16.6. The monoisotopic (exact) mass is 378 g/mol. The van der Waals surface area contributed by atoms with Crippen LogP contribution in [-0.4, -0.2) is 43.8 Å². The minimum absolute atomic E-state index is 0.656. The van der Waals surface area contributed by atoms with Crippen LogP contribution >= 0.6 is 0 Å². The number of nitrogens with zero attached hydrogens (tertiary/aromatic N) is 2. The van der Waals surface area contributed by atoms with E-state index < -0.39 is 0 Å². The minimum Gasteiger partial charge on any atom is -0.497 e. The van der Waals surface area contributed by atoms with E-state index >= 15 is 0 Å². The molecule has 0 N–H and O–H groups in total. The van der Waals surface area contributed by atoms with E-state index in [-0.39, 0.29) is 0 Å². The highest BCUT2D eigenvalue weighted by atomic mass is 16.5. The summed E-state index contributed by atoms with van der Waals surface area (Å²) in [5, 5.41) is 1.09. The Balaban J connectivity index is 1.53. The molecular formula is C23H26N2O3. The van der Waals surface area contributed by atoms with E-state index in [0.717, 1.165) is 65.5 Å². The summed E-state index contributed by atoms with van der Waals surface area (Å²) in [6.07, 6.45) is 0.993. The van der Waals surface area contributed by atoms with Gasteiger partial charge in [0, 0.05) is 30.6 Å². The van der Waals surface area contributed by atoms with Crippen LogP contribution in [0.3, 0.4) is 0 Å². The molecule has 3 aromatic rings. The molecule has 0 atom stereocenters. The number of aryl methyl sites for hydroxylation is 1. The zero-order chi connectivity index (χ0) is 19.5. The molecule has 5 nitrogen and oxygen atoms in total. The summed E-state index contributed by atoms with van der Waals surface area (Å²) in [5.74, 6) is 2.51. The normalized spacial score (nSPS) is 14.2. The molecule has 0 saturated carbocycles. The summed E-state index contributed by atoms with van der Waals surface area (Å²) in [6, 6.07) is 14.5. The van der Waals surface area contributed by atoms with Crippen LogP contribution in [0.1, 0.15) is 16.7 Å². The van der Waals surface area contributed by atoms with Gasteiger partial charge in [0.05, 0.1) is 19.7 Å². The van der Waals surface area contributed by atoms with Crippen LogP contribution in [0.5, 0.6) is 17.4 Å². The molecule has 28 heavy (non-hydrogen) atoms. The zero-order valence-corrected chi connectivity index (χ0v) is 16.7. The summed E-state index contributed by atoms with van der Waals surface area (Å²) >= 11 is 0. The molecule has 0 unspecified atom stereocenters. The molecule has 1 aromatic heterocycles. The summed E-state index contributed by atoms with van der Waals surface area (Å²) in [4.78, 5) is 7.23. The number of rotatable bonds is 5. The van der Waals surface area contributed by atoms with Gasteiger partial charge in [0.15, 0.2) is 0 Å². The van der Waals surface area contributed by atoms with E-state index in [1.165, 1.54) is 5.56 Å². The number of methoxy groups -OCH3 is 2. The molecule has 5 heteroatoms. The third-order valence-electron chi connectivity index (χ3n) is 5.27. The molecule has 1 aliphatic rings. The highest BCUT2D eigenvalue weighted by Crippen LogP contribution is 2.30. The van der Waals surface area contributed by atoms with Crippen molar-refractivity contribution in [2.24, 2.45) is 0 Å². The number of hydrogen-bond acceptors (Lipinski definition) is 5. The average Bonchev–Trinajstić information content (AvgIpc) is 2.92. The van der Waals surface area contributed by atoms with E-state index in [0.29, 0.717) is 6.61 Å². The molecule has 2 aromatic carbocycles. The summed E-state index contributed by atoms with van der Waals surface area (Å²) in [5.41, 5.74) is 4.52. The van der Waals surface area contributed by atoms with Crippen LogP contribution < -0.4 is 14.2 Å². The topological polar surface area (TPSA) is 43.8 Å². The second kappa shape index (κ2) is 8.07. The van der Waals surface area contributed by atoms with Crippen molar-refractivity contribution in [2.75, 3.05) is 33.9 Å². The van der Waals surface area contributed by atoms with E-state index in [1.807, 2.05) is 24.3 Å². The van der Waals surface area contributed by atoms with E-state index in [1.54, 1.807) is 14.2 Å². The smallest absolute Gasteiger partial charge is 0.218 e. The van der Waals surface area contributed by atoms with Gasteiger partial charge in [-0.2, -0.15) is 0 Å². The lowest BCUT2D eigenvalue weighted by molar-refractivity contribution is 0.225. The third-order valence-corrected chi connectivity index (χ3v) is 5.27. The third kappa shape index (κ3) is 3.90. The Morgan fingerprint density at radius 2 is 1.82 bits per heavy atom. The molecular weight excluding hydrogens is 352 g/mol. The molecule has 0 aliphatic carbocycles. The standard InChI is InChI=1S/C23H26N2O3/c1-16-12-21(27-3)14-18-13-19-15-25(10-11-28-23(19)24-22(16)18)9-8-17-4-6-20(26-2)7-5-17/h4-7,12-14H,8-11,15H2,1-3H3. The lowest BCUT2D eigenvalue weighted by atomic mass is 10.1. The van der Waals surface area contributed by atoms with Crippen LogP contribution in [-0.2, 0) is 13.0 Å². The van der Waals surface area contributed by atoms with Crippen molar-refractivity contribution >= 4 is 10.9 Å². The Bertz CT molecular complexity index is 970. The molecule has 0 radical (unpaired) electrons. The van der Waals surface area contributed by atoms with Crippen molar-refractivity contribution < 1.29 is 14.2 Å². The molecule has 0 fully saturated rings. The second-order valence-electron chi connectivity index (χ2n) is 7.19. The maximum Gasteiger partial charge on any atom is 0.218 e. The van der Waals surface area contributed by atoms with Gasteiger partial charge >= 0.3 is 0 Å². The fourth-order valence-electron chi connectivity index (χ4n) is 3.68. The number of hydrogen-bond donors (Lipinski definition) is 0. The molecule has 0 saturated heterocycles. The van der Waals surface area contributed by atoms with Crippen LogP contribution in [0.2, 0.25) is 0 Å². The maximum absolute atomic E-state index is 5.98. The molecule has 0 spiro atoms. The predicted molar refractivity (Wildman–Crippen MR) is 111 cm³/mol. The quantitative estimate of drug-likeness (QED) is 0.671. The second-order valence-corrected chi connectivity index (χ2v) is 7.19. The molecule has 146 valence electrons. The van der Waals surface area contributed by atoms with Crippen LogP contribution in [0.4, 0.5) is 0 Å². The Labute approximate surface area is 165 Å². The van der Waals surface area contributed by atoms with Crippen molar-refractivity contribution in [3.05, 3.63) is 59.2 Å². The average molecular weight is 378 g/mol. The van der Waals surface area contributed by atoms with Gasteiger partial charge in [-0.05, 0) is 54.8 Å². The number of benzene rings is 2. The first-order chi connectivity index (χ1) is 13.7. The maximum atomic E-state index is 5.98. The fourth-order valence-corrected chi connectivity index (χ4v) is 3.68. The first kappa shape index (κ1) is 18.6. The zero-order valence-electron chi connectivity index (χ0n) is 16.7. The Morgan fingerprint density at radius 3 is 2.57 bits per heavy atom. The minimum atomic E-state index is 0.656. The van der Waals surface area contributed by atoms with Gasteiger partial charge in [-0.1, -0.05) is 12.1 Å². The van der Waals surface area contributed by atoms with Gasteiger partial charge < -0.3 is 14.2 Å². The van der Waals surface area contributed by atoms with Crippen molar-refractivity contribution in [3.8, 4) is 17.4 Å². The first-order valence-electron chi connectivity index (χ1n) is 9.62. The first-order valence-corrected chi connectivity index (χ1v) is 9.62. The van der Waals surface area contributed by atoms with Gasteiger partial charge in [0.25, 0.3) is 0 Å². The molecule has 0 amide bonds. The SMILES string of the molecule is COc1ccc(CCN2CCOc3nc4c(C)cc(OC)cc4cc3C2)cc1. The number of pyridine rings is 1. The van der Waals surface area contributed by atoms with Gasteiger partial charge in [0.2, 0.25) is 5.88 Å². The highest BCUT2D eigenvalue weighted by molar-refractivity contribution is 5.84. The van der Waals surface area contributed by atoms with Gasteiger partial charge in [0.1, 0.15) is 18.1 Å². The molecule has 2 heterocycles. The molecule has 0 bridgehead atoms. The van der Waals surface area contributed by atoms with E-state index in [4.69, 9.17) is 19.2 Å². The Hall–Kier alpha value is -2.79. The van der Waals surface area contributed by atoms with Crippen LogP contribution in [0.15, 0.2) is 42.5 Å². The predicted octanol–water partition coefficient (Wildman–Crippen LogP) is 4.00. The van der Waals surface area contributed by atoms with Crippen LogP contribution in [0.25, 0.3) is 10.9 Å². The van der Waals surface area contributed by atoms with Gasteiger partial charge in [-0.3, -0.25) is 4.90 Å². The number of ether oxygens (including phenoxy) is 3. The van der Waals surface area contributed by atoms with Gasteiger partial charge in [-0.25, -0.2) is 4.98 Å². The van der Waals surface area contributed by atoms with Crippen molar-refractivity contribution in [1.82, 2.24) is 9.88 Å². The van der Waals surface area contributed by atoms with Gasteiger partial charge in [-0.15, -0.1) is 0 Å². The van der Waals surface area contributed by atoms with E-state index in [2.05, 4.69) is 30.0 Å². The Kier molecular flexibility index (Phi) is 5.35. The van der Waals surface area contributed by atoms with Crippen molar-refractivity contribution in [2.45, 2.75) is 19.9 Å². The highest BCUT2D eigenvalue weighted by Gasteiger charge is 2.18. The summed E-state index contributed by atoms with van der Waals surface area (Å²) in [6.45, 7) is 5.42. The molecule has 4 rings (SSSR count). The largest absolute Gasteiger partial charge is 0.497 e. The van der Waals surface area contributed by atoms with Crippen LogP contribution in [0, 0.1) is 6.92 Å². The van der Waals surface area contributed by atoms with Crippen molar-refractivity contribution in [3.63, 3.8) is 0 Å². The fraction of sp³-hybridized carbons (Fsp3) is 0.348. The Morgan fingerprint density at radius 1 is 1.04 bits per heavy atom.